The zero-order valence-corrected chi connectivity index (χ0v) is 17.3. The van der Waals surface area contributed by atoms with Gasteiger partial charge in [0.1, 0.15) is 0 Å². The number of alkyl halides is 3. The lowest BCUT2D eigenvalue weighted by atomic mass is 9.71. The fourth-order valence-corrected chi connectivity index (χ4v) is 3.99. The van der Waals surface area contributed by atoms with E-state index in [1.165, 1.54) is 0 Å². The lowest BCUT2D eigenvalue weighted by Crippen LogP contribution is -2.48. The molecule has 2 aliphatic heterocycles. The molecule has 1 N–H and O–H groups in total. The topological polar surface area (TPSA) is 99.5 Å². The average Bonchev–Trinajstić information content (AvgIpc) is 2.81. The Morgan fingerprint density at radius 1 is 0.938 bits per heavy atom. The zero-order chi connectivity index (χ0) is 23.2. The number of nitrogens with zero attached hydrogens (tertiary/aromatic N) is 5. The van der Waals surface area contributed by atoms with Crippen LogP contribution < -0.4 is 4.90 Å². The first-order valence-corrected chi connectivity index (χ1v) is 10.2. The first-order chi connectivity index (χ1) is 15.2. The Bertz CT molecular complexity index is 894. The minimum absolute atomic E-state index is 0.109. The highest BCUT2D eigenvalue weighted by atomic mass is 19.4. The van der Waals surface area contributed by atoms with Gasteiger partial charge in [0.05, 0.1) is 5.56 Å². The Morgan fingerprint density at radius 3 is 2.00 bits per heavy atom. The highest BCUT2D eigenvalue weighted by Gasteiger charge is 2.39. The summed E-state index contributed by atoms with van der Waals surface area (Å²) in [7, 11) is 0. The van der Waals surface area contributed by atoms with Gasteiger partial charge in [-0.25, -0.2) is 14.8 Å². The van der Waals surface area contributed by atoms with E-state index in [-0.39, 0.29) is 5.91 Å². The van der Waals surface area contributed by atoms with Crippen molar-refractivity contribution in [1.29, 1.82) is 0 Å². The molecule has 0 atom stereocenters. The number of anilines is 1. The summed E-state index contributed by atoms with van der Waals surface area (Å²) in [5.74, 6) is -1.81. The van der Waals surface area contributed by atoms with Crippen LogP contribution in [0, 0.1) is 5.41 Å². The van der Waals surface area contributed by atoms with E-state index in [4.69, 9.17) is 9.90 Å². The molecule has 1 amide bonds. The fraction of sp³-hybridized carbons (Fsp3) is 0.476. The normalized spacial score (nSPS) is 18.0. The number of rotatable bonds is 2. The van der Waals surface area contributed by atoms with Gasteiger partial charge in [-0.1, -0.05) is 0 Å². The van der Waals surface area contributed by atoms with Crippen LogP contribution in [0.4, 0.5) is 19.1 Å². The molecule has 2 aromatic rings. The Morgan fingerprint density at radius 2 is 1.50 bits per heavy atom. The molecule has 2 fully saturated rings. The second kappa shape index (κ2) is 9.92. The standard InChI is InChI=1S/C19H23N5O.C2HF3O2/c25-17(16-3-1-8-20-15-16)23-11-4-19(5-12-23)6-13-24(14-7-19)18-21-9-2-10-22-18;3-2(4,5)1(6)7/h1-3,8-10,15H,4-7,11-14H2;(H,6,7). The molecule has 0 aliphatic carbocycles. The fourth-order valence-electron chi connectivity index (χ4n) is 3.99. The Hall–Kier alpha value is -3.24. The van der Waals surface area contributed by atoms with Gasteiger partial charge < -0.3 is 14.9 Å². The van der Waals surface area contributed by atoms with Crippen LogP contribution in [0.25, 0.3) is 0 Å². The highest BCUT2D eigenvalue weighted by molar-refractivity contribution is 5.93. The predicted molar refractivity (Wildman–Crippen MR) is 109 cm³/mol. The van der Waals surface area contributed by atoms with Crippen LogP contribution in [0.15, 0.2) is 43.0 Å². The van der Waals surface area contributed by atoms with Crippen molar-refractivity contribution >= 4 is 17.8 Å². The monoisotopic (exact) mass is 451 g/mol. The summed E-state index contributed by atoms with van der Waals surface area (Å²) in [4.78, 5) is 38.5. The minimum Gasteiger partial charge on any atom is -0.475 e. The summed E-state index contributed by atoms with van der Waals surface area (Å²) in [5, 5.41) is 7.12. The van der Waals surface area contributed by atoms with Gasteiger partial charge in [-0.15, -0.1) is 0 Å². The van der Waals surface area contributed by atoms with Gasteiger partial charge in [0.25, 0.3) is 5.91 Å². The summed E-state index contributed by atoms with van der Waals surface area (Å²) in [6.45, 7) is 3.69. The predicted octanol–water partition coefficient (Wildman–Crippen LogP) is 3.03. The number of aliphatic carboxylic acids is 1. The molecule has 0 bridgehead atoms. The van der Waals surface area contributed by atoms with Crippen molar-refractivity contribution in [2.75, 3.05) is 31.1 Å². The smallest absolute Gasteiger partial charge is 0.475 e. The lowest BCUT2D eigenvalue weighted by molar-refractivity contribution is -0.192. The molecular weight excluding hydrogens is 427 g/mol. The van der Waals surface area contributed by atoms with Crippen molar-refractivity contribution < 1.29 is 27.9 Å². The number of likely N-dealkylation sites (tertiary alicyclic amines) is 1. The van der Waals surface area contributed by atoms with Crippen molar-refractivity contribution in [2.45, 2.75) is 31.9 Å². The van der Waals surface area contributed by atoms with Crippen molar-refractivity contribution in [1.82, 2.24) is 19.9 Å². The molecule has 2 aliphatic rings. The second-order valence-electron chi connectivity index (χ2n) is 7.87. The summed E-state index contributed by atoms with van der Waals surface area (Å²) >= 11 is 0. The molecule has 8 nitrogen and oxygen atoms in total. The molecule has 1 spiro atoms. The van der Waals surface area contributed by atoms with Gasteiger partial charge in [0.2, 0.25) is 5.95 Å². The van der Waals surface area contributed by atoms with Crippen LogP contribution in [0.5, 0.6) is 0 Å². The van der Waals surface area contributed by atoms with Crippen LogP contribution in [-0.2, 0) is 4.79 Å². The van der Waals surface area contributed by atoms with Gasteiger partial charge in [-0.05, 0) is 49.3 Å². The molecule has 0 unspecified atom stereocenters. The molecule has 4 heterocycles. The molecular formula is C21H24F3N5O3. The maximum atomic E-state index is 12.6. The summed E-state index contributed by atoms with van der Waals surface area (Å²) in [6, 6.07) is 5.52. The van der Waals surface area contributed by atoms with Gasteiger partial charge in [-0.3, -0.25) is 9.78 Å². The van der Waals surface area contributed by atoms with Crippen molar-refractivity contribution in [3.05, 3.63) is 48.5 Å². The van der Waals surface area contributed by atoms with E-state index < -0.39 is 12.1 Å². The minimum atomic E-state index is -5.08. The van der Waals surface area contributed by atoms with Crippen LogP contribution in [-0.4, -0.2) is 69.2 Å². The number of hydrogen-bond acceptors (Lipinski definition) is 6. The number of aromatic nitrogens is 3. The van der Waals surface area contributed by atoms with E-state index in [9.17, 15) is 18.0 Å². The van der Waals surface area contributed by atoms with Crippen molar-refractivity contribution in [3.63, 3.8) is 0 Å². The summed E-state index contributed by atoms with van der Waals surface area (Å²) < 4.78 is 31.7. The van der Waals surface area contributed by atoms with E-state index in [2.05, 4.69) is 19.9 Å². The lowest BCUT2D eigenvalue weighted by Gasteiger charge is -2.46. The highest BCUT2D eigenvalue weighted by Crippen LogP contribution is 2.41. The first-order valence-electron chi connectivity index (χ1n) is 10.2. The molecule has 32 heavy (non-hydrogen) atoms. The maximum absolute atomic E-state index is 12.6. The first kappa shape index (κ1) is 23.4. The van der Waals surface area contributed by atoms with Crippen molar-refractivity contribution in [3.8, 4) is 0 Å². The average molecular weight is 451 g/mol. The number of amides is 1. The molecule has 4 rings (SSSR count). The summed E-state index contributed by atoms with van der Waals surface area (Å²) in [5.41, 5.74) is 1.06. The van der Waals surface area contributed by atoms with E-state index in [0.717, 1.165) is 57.8 Å². The largest absolute Gasteiger partial charge is 0.490 e. The zero-order valence-electron chi connectivity index (χ0n) is 17.3. The Kier molecular flexibility index (Phi) is 7.26. The van der Waals surface area contributed by atoms with E-state index >= 15 is 0 Å². The number of carboxylic acids is 1. The van der Waals surface area contributed by atoms with Crippen LogP contribution >= 0.6 is 0 Å². The van der Waals surface area contributed by atoms with E-state index in [1.54, 1.807) is 24.8 Å². The Balaban J connectivity index is 0.000000360. The Labute approximate surface area is 183 Å². The van der Waals surface area contributed by atoms with Gasteiger partial charge in [0.15, 0.2) is 0 Å². The van der Waals surface area contributed by atoms with Gasteiger partial charge in [0, 0.05) is 51.0 Å². The number of hydrogen-bond donors (Lipinski definition) is 1. The number of carbonyl (C=O) groups excluding carboxylic acids is 1. The maximum Gasteiger partial charge on any atom is 0.490 e. The number of piperidine rings is 2. The third-order valence-corrected chi connectivity index (χ3v) is 5.92. The van der Waals surface area contributed by atoms with Gasteiger partial charge in [-0.2, -0.15) is 13.2 Å². The SMILES string of the molecule is O=C(O)C(F)(F)F.O=C(c1cccnc1)N1CCC2(CC1)CCN(c1ncccn1)CC2. The molecule has 2 aromatic heterocycles. The van der Waals surface area contributed by atoms with Crippen LogP contribution in [0.2, 0.25) is 0 Å². The number of carbonyl (C=O) groups is 2. The van der Waals surface area contributed by atoms with E-state index in [1.807, 2.05) is 23.1 Å². The van der Waals surface area contributed by atoms with Crippen LogP contribution in [0.1, 0.15) is 36.0 Å². The van der Waals surface area contributed by atoms with Crippen molar-refractivity contribution in [2.24, 2.45) is 5.41 Å². The molecule has 11 heteroatoms. The molecule has 2 saturated heterocycles. The molecule has 0 radical (unpaired) electrons. The van der Waals surface area contributed by atoms with Crippen LogP contribution in [0.3, 0.4) is 0 Å². The third kappa shape index (κ3) is 5.92. The number of carboxylic acid groups (broad SMARTS) is 1. The summed E-state index contributed by atoms with van der Waals surface area (Å²) in [6.07, 6.45) is 6.35. The quantitative estimate of drug-likeness (QED) is 0.749. The number of pyridine rings is 1. The second-order valence-corrected chi connectivity index (χ2v) is 7.87. The number of halogens is 3. The van der Waals surface area contributed by atoms with E-state index in [0.29, 0.717) is 11.0 Å². The third-order valence-electron chi connectivity index (χ3n) is 5.92. The molecule has 0 aromatic carbocycles. The van der Waals surface area contributed by atoms with Gasteiger partial charge >= 0.3 is 12.1 Å². The molecule has 0 saturated carbocycles. The molecule has 172 valence electrons.